The molecule has 1 saturated heterocycles. The monoisotopic (exact) mass is 375 g/mol. The van der Waals surface area contributed by atoms with Gasteiger partial charge in [0.15, 0.2) is 0 Å². The predicted octanol–water partition coefficient (Wildman–Crippen LogP) is 2.79. The number of ether oxygens (including phenoxy) is 2. The van der Waals surface area contributed by atoms with Crippen molar-refractivity contribution in [3.8, 4) is 11.6 Å². The van der Waals surface area contributed by atoms with Crippen LogP contribution in [0.25, 0.3) is 0 Å². The SMILES string of the molecule is COc1cc(N2C[C@H]3C[C@@H](Oc4cccc(Cl)c4)[C@H](O)C[C@H]3C2)ncn1. The van der Waals surface area contributed by atoms with Crippen LogP contribution in [0.5, 0.6) is 11.6 Å². The van der Waals surface area contributed by atoms with E-state index in [4.69, 9.17) is 21.1 Å². The van der Waals surface area contributed by atoms with Gasteiger partial charge in [-0.25, -0.2) is 9.97 Å². The normalized spacial score (nSPS) is 27.9. The number of fused-ring (bicyclic) bond motifs is 1. The third-order valence-electron chi connectivity index (χ3n) is 5.33. The number of anilines is 1. The summed E-state index contributed by atoms with van der Waals surface area (Å²) in [7, 11) is 1.60. The molecule has 1 aromatic heterocycles. The summed E-state index contributed by atoms with van der Waals surface area (Å²) in [6.07, 6.45) is 2.38. The topological polar surface area (TPSA) is 67.7 Å². The average Bonchev–Trinajstić information content (AvgIpc) is 3.05. The van der Waals surface area contributed by atoms with Crippen molar-refractivity contribution in [2.24, 2.45) is 11.8 Å². The lowest BCUT2D eigenvalue weighted by molar-refractivity contribution is -0.0231. The molecule has 7 heteroatoms. The second-order valence-electron chi connectivity index (χ2n) is 7.00. The van der Waals surface area contributed by atoms with Gasteiger partial charge in [0.05, 0.1) is 13.2 Å². The standard InChI is InChI=1S/C19H22ClN3O3/c1-25-19-8-18(21-11-22-19)23-9-12-5-16(24)17(6-13(12)10-23)26-15-4-2-3-14(20)7-15/h2-4,7-8,11-13,16-17,24H,5-6,9-10H2,1H3/t12-,13+,16+,17+/m0/s1. The Morgan fingerprint density at radius 2 is 1.96 bits per heavy atom. The largest absolute Gasteiger partial charge is 0.488 e. The maximum atomic E-state index is 10.6. The number of nitrogens with zero attached hydrogens (tertiary/aromatic N) is 3. The van der Waals surface area contributed by atoms with E-state index >= 15 is 0 Å². The minimum atomic E-state index is -0.477. The molecule has 138 valence electrons. The van der Waals surface area contributed by atoms with Crippen molar-refractivity contribution in [3.05, 3.63) is 41.7 Å². The molecule has 4 atom stereocenters. The van der Waals surface area contributed by atoms with Gasteiger partial charge in [-0.3, -0.25) is 0 Å². The first kappa shape index (κ1) is 17.4. The first-order valence-electron chi connectivity index (χ1n) is 8.83. The van der Waals surface area contributed by atoms with Gasteiger partial charge < -0.3 is 19.5 Å². The molecule has 0 spiro atoms. The molecule has 0 radical (unpaired) electrons. The fourth-order valence-electron chi connectivity index (χ4n) is 4.03. The maximum Gasteiger partial charge on any atom is 0.218 e. The van der Waals surface area contributed by atoms with E-state index in [2.05, 4.69) is 14.9 Å². The molecule has 2 aliphatic rings. The maximum absolute atomic E-state index is 10.6. The minimum Gasteiger partial charge on any atom is -0.488 e. The highest BCUT2D eigenvalue weighted by atomic mass is 35.5. The molecule has 1 aromatic carbocycles. The third-order valence-corrected chi connectivity index (χ3v) is 5.56. The van der Waals surface area contributed by atoms with Crippen molar-refractivity contribution in [2.45, 2.75) is 25.0 Å². The van der Waals surface area contributed by atoms with E-state index in [0.717, 1.165) is 31.7 Å². The molecule has 26 heavy (non-hydrogen) atoms. The van der Waals surface area contributed by atoms with Crippen LogP contribution < -0.4 is 14.4 Å². The number of hydrogen-bond acceptors (Lipinski definition) is 6. The molecule has 1 aliphatic heterocycles. The van der Waals surface area contributed by atoms with Crippen LogP contribution in [0.3, 0.4) is 0 Å². The quantitative estimate of drug-likeness (QED) is 0.886. The first-order valence-corrected chi connectivity index (χ1v) is 9.21. The summed E-state index contributed by atoms with van der Waals surface area (Å²) >= 11 is 6.03. The van der Waals surface area contributed by atoms with Crippen LogP contribution in [0, 0.1) is 11.8 Å². The van der Waals surface area contributed by atoms with Gasteiger partial charge in [0.2, 0.25) is 5.88 Å². The van der Waals surface area contributed by atoms with Gasteiger partial charge in [-0.15, -0.1) is 0 Å². The van der Waals surface area contributed by atoms with Crippen molar-refractivity contribution >= 4 is 17.4 Å². The summed E-state index contributed by atoms with van der Waals surface area (Å²) in [6.45, 7) is 1.78. The molecule has 2 fully saturated rings. The lowest BCUT2D eigenvalue weighted by Crippen LogP contribution is -2.42. The molecule has 1 saturated carbocycles. The third kappa shape index (κ3) is 3.57. The summed E-state index contributed by atoms with van der Waals surface area (Å²) < 4.78 is 11.2. The van der Waals surface area contributed by atoms with E-state index in [1.54, 1.807) is 13.2 Å². The van der Waals surface area contributed by atoms with Crippen LogP contribution >= 0.6 is 11.6 Å². The van der Waals surface area contributed by atoms with Crippen LogP contribution in [0.15, 0.2) is 36.7 Å². The lowest BCUT2D eigenvalue weighted by atomic mass is 9.78. The molecule has 2 heterocycles. The molecule has 4 rings (SSSR count). The lowest BCUT2D eigenvalue weighted by Gasteiger charge is -2.35. The van der Waals surface area contributed by atoms with Crippen molar-refractivity contribution in [3.63, 3.8) is 0 Å². The van der Waals surface area contributed by atoms with Crippen LogP contribution in [-0.2, 0) is 0 Å². The van der Waals surface area contributed by atoms with E-state index in [-0.39, 0.29) is 6.10 Å². The number of methoxy groups -OCH3 is 1. The van der Waals surface area contributed by atoms with Crippen molar-refractivity contribution in [1.82, 2.24) is 9.97 Å². The molecule has 2 aromatic rings. The molecule has 6 nitrogen and oxygen atoms in total. The molecule has 0 unspecified atom stereocenters. The number of aromatic nitrogens is 2. The summed E-state index contributed by atoms with van der Waals surface area (Å²) in [5.41, 5.74) is 0. The highest BCUT2D eigenvalue weighted by Gasteiger charge is 2.43. The summed E-state index contributed by atoms with van der Waals surface area (Å²) in [5.74, 6) is 3.03. The van der Waals surface area contributed by atoms with Crippen LogP contribution in [0.1, 0.15) is 12.8 Å². The van der Waals surface area contributed by atoms with E-state index < -0.39 is 6.10 Å². The van der Waals surface area contributed by atoms with Gasteiger partial charge in [0.25, 0.3) is 0 Å². The first-order chi connectivity index (χ1) is 12.6. The Bertz CT molecular complexity index is 775. The minimum absolute atomic E-state index is 0.213. The van der Waals surface area contributed by atoms with Gasteiger partial charge in [-0.1, -0.05) is 17.7 Å². The van der Waals surface area contributed by atoms with E-state index in [0.29, 0.717) is 28.5 Å². The summed E-state index contributed by atoms with van der Waals surface area (Å²) in [6, 6.07) is 9.18. The number of aliphatic hydroxyl groups is 1. The molecule has 1 aliphatic carbocycles. The van der Waals surface area contributed by atoms with Crippen LogP contribution in [0.2, 0.25) is 5.02 Å². The van der Waals surface area contributed by atoms with E-state index in [1.807, 2.05) is 24.3 Å². The fourth-order valence-corrected chi connectivity index (χ4v) is 4.21. The zero-order valence-corrected chi connectivity index (χ0v) is 15.3. The molecular formula is C19H22ClN3O3. The van der Waals surface area contributed by atoms with Crippen LogP contribution in [-0.4, -0.2) is 47.5 Å². The molecule has 1 N–H and O–H groups in total. The van der Waals surface area contributed by atoms with Crippen molar-refractivity contribution < 1.29 is 14.6 Å². The predicted molar refractivity (Wildman–Crippen MR) is 98.9 cm³/mol. The second-order valence-corrected chi connectivity index (χ2v) is 7.43. The Morgan fingerprint density at radius 1 is 1.15 bits per heavy atom. The molecule has 0 bridgehead atoms. The summed E-state index contributed by atoms with van der Waals surface area (Å²) in [4.78, 5) is 10.7. The van der Waals surface area contributed by atoms with Crippen molar-refractivity contribution in [1.29, 1.82) is 0 Å². The number of rotatable bonds is 4. The Kier molecular flexibility index (Phi) is 4.87. The average molecular weight is 376 g/mol. The van der Waals surface area contributed by atoms with Gasteiger partial charge in [0.1, 0.15) is 24.0 Å². The number of halogens is 1. The number of benzene rings is 1. The molecular weight excluding hydrogens is 354 g/mol. The van der Waals surface area contributed by atoms with Gasteiger partial charge in [-0.2, -0.15) is 0 Å². The van der Waals surface area contributed by atoms with Gasteiger partial charge in [0, 0.05) is 24.2 Å². The Balaban J connectivity index is 1.44. The zero-order valence-electron chi connectivity index (χ0n) is 14.6. The number of aliphatic hydroxyl groups excluding tert-OH is 1. The van der Waals surface area contributed by atoms with Crippen LogP contribution in [0.4, 0.5) is 5.82 Å². The Hall–Kier alpha value is -2.05. The Labute approximate surface area is 157 Å². The molecule has 0 amide bonds. The van der Waals surface area contributed by atoms with Crippen molar-refractivity contribution in [2.75, 3.05) is 25.1 Å². The van der Waals surface area contributed by atoms with E-state index in [9.17, 15) is 5.11 Å². The van der Waals surface area contributed by atoms with Gasteiger partial charge in [-0.05, 0) is 42.9 Å². The zero-order chi connectivity index (χ0) is 18.1. The van der Waals surface area contributed by atoms with E-state index in [1.165, 1.54) is 6.33 Å². The van der Waals surface area contributed by atoms with Gasteiger partial charge >= 0.3 is 0 Å². The number of hydrogen-bond donors (Lipinski definition) is 1. The Morgan fingerprint density at radius 3 is 2.73 bits per heavy atom. The highest BCUT2D eigenvalue weighted by Crippen LogP contribution is 2.39. The summed E-state index contributed by atoms with van der Waals surface area (Å²) in [5, 5.41) is 11.2. The smallest absolute Gasteiger partial charge is 0.218 e. The fraction of sp³-hybridized carbons (Fsp3) is 0.474. The highest BCUT2D eigenvalue weighted by molar-refractivity contribution is 6.30. The second kappa shape index (κ2) is 7.29.